The summed E-state index contributed by atoms with van der Waals surface area (Å²) >= 11 is 0. The van der Waals surface area contributed by atoms with E-state index in [1.54, 1.807) is 0 Å². The molecule has 2 aliphatic heterocycles. The number of nitrogens with zero attached hydrogens (tertiary/aromatic N) is 2. The fourth-order valence-electron chi connectivity index (χ4n) is 2.98. The molecule has 1 unspecified atom stereocenters. The molecule has 3 rings (SSSR count). The minimum atomic E-state index is -0.273. The quantitative estimate of drug-likeness (QED) is 0.837. The number of hydrogen-bond donors (Lipinski definition) is 0. The summed E-state index contributed by atoms with van der Waals surface area (Å²) in [6.45, 7) is 4.96. The third-order valence-electron chi connectivity index (χ3n) is 4.09. The Morgan fingerprint density at radius 1 is 1.15 bits per heavy atom. The standard InChI is InChI=1S/C16H22N2O2/c19-16(18-8-4-5-9-18)15-13-17(10-11-20-15)12-14-6-2-1-3-7-14/h1-3,6-7,15H,4-5,8-13H2. The Hall–Kier alpha value is -1.39. The molecule has 2 heterocycles. The summed E-state index contributed by atoms with van der Waals surface area (Å²) in [7, 11) is 0. The predicted molar refractivity (Wildman–Crippen MR) is 77.3 cm³/mol. The molecule has 0 N–H and O–H groups in total. The second-order valence-corrected chi connectivity index (χ2v) is 5.61. The Morgan fingerprint density at radius 2 is 1.90 bits per heavy atom. The smallest absolute Gasteiger partial charge is 0.253 e. The molecule has 2 fully saturated rings. The Morgan fingerprint density at radius 3 is 2.65 bits per heavy atom. The number of likely N-dealkylation sites (tertiary alicyclic amines) is 1. The van der Waals surface area contributed by atoms with Gasteiger partial charge in [-0.2, -0.15) is 0 Å². The summed E-state index contributed by atoms with van der Waals surface area (Å²) in [6, 6.07) is 10.4. The molecule has 4 heteroatoms. The van der Waals surface area contributed by atoms with E-state index in [4.69, 9.17) is 4.74 Å². The van der Waals surface area contributed by atoms with Crippen LogP contribution in [0.4, 0.5) is 0 Å². The first kappa shape index (κ1) is 13.6. The number of hydrogen-bond acceptors (Lipinski definition) is 3. The molecule has 1 aromatic carbocycles. The minimum absolute atomic E-state index is 0.181. The van der Waals surface area contributed by atoms with Crippen LogP contribution < -0.4 is 0 Å². The topological polar surface area (TPSA) is 32.8 Å². The van der Waals surface area contributed by atoms with Crippen molar-refractivity contribution >= 4 is 5.91 Å². The Bertz CT molecular complexity index is 443. The van der Waals surface area contributed by atoms with E-state index in [0.717, 1.165) is 39.0 Å². The lowest BCUT2D eigenvalue weighted by Gasteiger charge is -2.34. The predicted octanol–water partition coefficient (Wildman–Crippen LogP) is 1.51. The minimum Gasteiger partial charge on any atom is -0.366 e. The van der Waals surface area contributed by atoms with E-state index in [1.807, 2.05) is 11.0 Å². The molecule has 108 valence electrons. The second-order valence-electron chi connectivity index (χ2n) is 5.61. The highest BCUT2D eigenvalue weighted by atomic mass is 16.5. The Labute approximate surface area is 120 Å². The van der Waals surface area contributed by atoms with Gasteiger partial charge in [0.15, 0.2) is 0 Å². The van der Waals surface area contributed by atoms with Crippen LogP contribution in [0, 0.1) is 0 Å². The van der Waals surface area contributed by atoms with Crippen LogP contribution in [0.15, 0.2) is 30.3 Å². The van der Waals surface area contributed by atoms with Gasteiger partial charge in [-0.1, -0.05) is 30.3 Å². The third kappa shape index (κ3) is 3.19. The first-order chi connectivity index (χ1) is 9.83. The number of morpholine rings is 1. The van der Waals surface area contributed by atoms with Gasteiger partial charge in [0, 0.05) is 32.7 Å². The Kier molecular flexibility index (Phi) is 4.33. The van der Waals surface area contributed by atoms with E-state index in [2.05, 4.69) is 29.2 Å². The lowest BCUT2D eigenvalue weighted by atomic mass is 10.2. The van der Waals surface area contributed by atoms with Crippen molar-refractivity contribution in [3.8, 4) is 0 Å². The molecule has 2 aliphatic rings. The van der Waals surface area contributed by atoms with Crippen molar-refractivity contribution in [3.05, 3.63) is 35.9 Å². The van der Waals surface area contributed by atoms with Crippen molar-refractivity contribution in [3.63, 3.8) is 0 Å². The highest BCUT2D eigenvalue weighted by Gasteiger charge is 2.31. The molecule has 2 saturated heterocycles. The van der Waals surface area contributed by atoms with Gasteiger partial charge in [0.05, 0.1) is 6.61 Å². The lowest BCUT2D eigenvalue weighted by Crippen LogP contribution is -2.50. The molecule has 1 amide bonds. The van der Waals surface area contributed by atoms with Crippen LogP contribution in [0.5, 0.6) is 0 Å². The highest BCUT2D eigenvalue weighted by Crippen LogP contribution is 2.15. The molecule has 0 saturated carbocycles. The summed E-state index contributed by atoms with van der Waals surface area (Å²) in [5.74, 6) is 0.181. The molecule has 0 aliphatic carbocycles. The third-order valence-corrected chi connectivity index (χ3v) is 4.09. The van der Waals surface area contributed by atoms with Gasteiger partial charge in [-0.15, -0.1) is 0 Å². The van der Waals surface area contributed by atoms with Crippen molar-refractivity contribution in [2.75, 3.05) is 32.8 Å². The van der Waals surface area contributed by atoms with Gasteiger partial charge < -0.3 is 9.64 Å². The van der Waals surface area contributed by atoms with Crippen LogP contribution in [0.1, 0.15) is 18.4 Å². The van der Waals surface area contributed by atoms with Gasteiger partial charge in [-0.05, 0) is 18.4 Å². The summed E-state index contributed by atoms with van der Waals surface area (Å²) < 4.78 is 5.69. The van der Waals surface area contributed by atoms with E-state index < -0.39 is 0 Å². The van der Waals surface area contributed by atoms with Gasteiger partial charge in [0.25, 0.3) is 5.91 Å². The summed E-state index contributed by atoms with van der Waals surface area (Å²) in [5.41, 5.74) is 1.29. The number of benzene rings is 1. The molecule has 0 aromatic heterocycles. The van der Waals surface area contributed by atoms with E-state index >= 15 is 0 Å². The van der Waals surface area contributed by atoms with Crippen LogP contribution in [0.25, 0.3) is 0 Å². The average molecular weight is 274 g/mol. The van der Waals surface area contributed by atoms with E-state index in [0.29, 0.717) is 13.2 Å². The number of ether oxygens (including phenoxy) is 1. The van der Waals surface area contributed by atoms with Crippen LogP contribution in [-0.4, -0.2) is 54.6 Å². The van der Waals surface area contributed by atoms with Gasteiger partial charge >= 0.3 is 0 Å². The first-order valence-corrected chi connectivity index (χ1v) is 7.49. The molecule has 1 aromatic rings. The number of amides is 1. The number of carbonyl (C=O) groups excluding carboxylic acids is 1. The molecule has 0 radical (unpaired) electrons. The maximum atomic E-state index is 12.4. The van der Waals surface area contributed by atoms with E-state index in [9.17, 15) is 4.79 Å². The van der Waals surface area contributed by atoms with Crippen molar-refractivity contribution in [2.45, 2.75) is 25.5 Å². The van der Waals surface area contributed by atoms with E-state index in [1.165, 1.54) is 5.56 Å². The van der Waals surface area contributed by atoms with Crippen molar-refractivity contribution < 1.29 is 9.53 Å². The summed E-state index contributed by atoms with van der Waals surface area (Å²) in [5, 5.41) is 0. The molecule has 4 nitrogen and oxygen atoms in total. The van der Waals surface area contributed by atoms with Crippen LogP contribution in [0.3, 0.4) is 0 Å². The van der Waals surface area contributed by atoms with Gasteiger partial charge in [0.2, 0.25) is 0 Å². The lowest BCUT2D eigenvalue weighted by molar-refractivity contribution is -0.148. The summed E-state index contributed by atoms with van der Waals surface area (Å²) in [6.07, 6.45) is 1.99. The maximum absolute atomic E-state index is 12.4. The zero-order valence-corrected chi connectivity index (χ0v) is 11.8. The number of carbonyl (C=O) groups is 1. The molecule has 1 atom stereocenters. The zero-order chi connectivity index (χ0) is 13.8. The van der Waals surface area contributed by atoms with Gasteiger partial charge in [-0.25, -0.2) is 0 Å². The molecular weight excluding hydrogens is 252 g/mol. The normalized spacial score (nSPS) is 24.0. The van der Waals surface area contributed by atoms with Crippen molar-refractivity contribution in [1.29, 1.82) is 0 Å². The molecule has 0 bridgehead atoms. The van der Waals surface area contributed by atoms with Gasteiger partial charge in [-0.3, -0.25) is 9.69 Å². The largest absolute Gasteiger partial charge is 0.366 e. The molecular formula is C16H22N2O2. The first-order valence-electron chi connectivity index (χ1n) is 7.49. The Balaban J connectivity index is 1.57. The second kappa shape index (κ2) is 6.37. The molecule has 0 spiro atoms. The SMILES string of the molecule is O=C(C1CN(Cc2ccccc2)CCO1)N1CCCC1. The van der Waals surface area contributed by atoms with Gasteiger partial charge in [0.1, 0.15) is 6.10 Å². The summed E-state index contributed by atoms with van der Waals surface area (Å²) in [4.78, 5) is 16.6. The fourth-order valence-corrected chi connectivity index (χ4v) is 2.98. The monoisotopic (exact) mass is 274 g/mol. The maximum Gasteiger partial charge on any atom is 0.253 e. The van der Waals surface area contributed by atoms with Crippen LogP contribution in [0.2, 0.25) is 0 Å². The van der Waals surface area contributed by atoms with Crippen molar-refractivity contribution in [2.24, 2.45) is 0 Å². The molecule has 20 heavy (non-hydrogen) atoms. The van der Waals surface area contributed by atoms with Crippen LogP contribution >= 0.6 is 0 Å². The number of rotatable bonds is 3. The van der Waals surface area contributed by atoms with Crippen LogP contribution in [-0.2, 0) is 16.1 Å². The average Bonchev–Trinajstić information content (AvgIpc) is 3.02. The highest BCUT2D eigenvalue weighted by molar-refractivity contribution is 5.81. The zero-order valence-electron chi connectivity index (χ0n) is 11.8. The van der Waals surface area contributed by atoms with E-state index in [-0.39, 0.29) is 12.0 Å². The van der Waals surface area contributed by atoms with Crippen molar-refractivity contribution in [1.82, 2.24) is 9.80 Å². The fraction of sp³-hybridized carbons (Fsp3) is 0.562.